The molecule has 0 aliphatic heterocycles. The van der Waals surface area contributed by atoms with Crippen LogP contribution in [0.5, 0.6) is 11.5 Å². The van der Waals surface area contributed by atoms with Gasteiger partial charge in [0.25, 0.3) is 5.91 Å². The predicted molar refractivity (Wildman–Crippen MR) is 90.0 cm³/mol. The van der Waals surface area contributed by atoms with Crippen molar-refractivity contribution in [3.8, 4) is 22.1 Å². The molecule has 0 radical (unpaired) electrons. The normalized spacial score (nSPS) is 10.3. The molecule has 0 aliphatic rings. The number of carboxylic acid groups (broad SMARTS) is 1. The van der Waals surface area contributed by atoms with Gasteiger partial charge in [-0.25, -0.2) is 4.98 Å². The average molecular weight is 350 g/mol. The summed E-state index contributed by atoms with van der Waals surface area (Å²) in [6, 6.07) is 5.41. The number of hydrogen-bond acceptors (Lipinski definition) is 6. The van der Waals surface area contributed by atoms with Crippen molar-refractivity contribution in [3.05, 3.63) is 28.8 Å². The molecule has 2 N–H and O–H groups in total. The van der Waals surface area contributed by atoms with E-state index in [1.165, 1.54) is 11.3 Å². The van der Waals surface area contributed by atoms with Gasteiger partial charge in [0, 0.05) is 12.1 Å². The van der Waals surface area contributed by atoms with Gasteiger partial charge in [0.15, 0.2) is 11.5 Å². The molecule has 2 aromatic rings. The number of thiazole rings is 1. The fraction of sp³-hybridized carbons (Fsp3) is 0.312. The van der Waals surface area contributed by atoms with E-state index in [1.54, 1.807) is 33.3 Å². The van der Waals surface area contributed by atoms with Gasteiger partial charge < -0.3 is 19.9 Å². The van der Waals surface area contributed by atoms with E-state index in [4.69, 9.17) is 14.6 Å². The minimum atomic E-state index is -0.956. The lowest BCUT2D eigenvalue weighted by Crippen LogP contribution is -2.25. The third kappa shape index (κ3) is 4.02. The first-order valence-corrected chi connectivity index (χ1v) is 7.97. The highest BCUT2D eigenvalue weighted by Gasteiger charge is 2.17. The van der Waals surface area contributed by atoms with Crippen LogP contribution >= 0.6 is 11.3 Å². The van der Waals surface area contributed by atoms with Crippen molar-refractivity contribution in [2.45, 2.75) is 13.3 Å². The Labute approximate surface area is 143 Å². The van der Waals surface area contributed by atoms with E-state index < -0.39 is 5.97 Å². The Balaban J connectivity index is 2.22. The maximum absolute atomic E-state index is 12.1. The molecule has 0 saturated carbocycles. The summed E-state index contributed by atoms with van der Waals surface area (Å²) in [5.74, 6) is -0.0863. The maximum Gasteiger partial charge on any atom is 0.305 e. The number of carbonyl (C=O) groups is 2. The van der Waals surface area contributed by atoms with Crippen molar-refractivity contribution >= 4 is 23.2 Å². The lowest BCUT2D eigenvalue weighted by atomic mass is 10.2. The molecule has 0 unspecified atom stereocenters. The van der Waals surface area contributed by atoms with E-state index in [0.717, 1.165) is 5.56 Å². The van der Waals surface area contributed by atoms with Crippen molar-refractivity contribution in [2.24, 2.45) is 0 Å². The molecule has 0 saturated heterocycles. The van der Waals surface area contributed by atoms with E-state index in [0.29, 0.717) is 27.1 Å². The van der Waals surface area contributed by atoms with Gasteiger partial charge in [-0.15, -0.1) is 11.3 Å². The molecule has 1 aromatic carbocycles. The number of hydrogen-bond donors (Lipinski definition) is 2. The standard InChI is InChI=1S/C16H18N2O5S/c1-9-14(15(21)17-7-6-13(19)20)24-16(18-9)10-4-5-11(22-2)12(8-10)23-3/h4-5,8H,6-7H2,1-3H3,(H,17,21)(H,19,20). The number of methoxy groups -OCH3 is 2. The Bertz CT molecular complexity index is 757. The fourth-order valence-electron chi connectivity index (χ4n) is 2.06. The van der Waals surface area contributed by atoms with Crippen molar-refractivity contribution in [3.63, 3.8) is 0 Å². The van der Waals surface area contributed by atoms with Crippen molar-refractivity contribution in [2.75, 3.05) is 20.8 Å². The molecule has 1 aromatic heterocycles. The third-order valence-electron chi connectivity index (χ3n) is 3.26. The summed E-state index contributed by atoms with van der Waals surface area (Å²) in [6.45, 7) is 1.82. The molecule has 2 rings (SSSR count). The molecular formula is C16H18N2O5S. The van der Waals surface area contributed by atoms with Crippen molar-refractivity contribution < 1.29 is 24.2 Å². The van der Waals surface area contributed by atoms with Gasteiger partial charge in [-0.1, -0.05) is 0 Å². The molecule has 7 nitrogen and oxygen atoms in total. The number of ether oxygens (including phenoxy) is 2. The highest BCUT2D eigenvalue weighted by atomic mass is 32.1. The Hall–Kier alpha value is -2.61. The average Bonchev–Trinajstić information content (AvgIpc) is 2.95. The SMILES string of the molecule is COc1ccc(-c2nc(C)c(C(=O)NCCC(=O)O)s2)cc1OC. The first kappa shape index (κ1) is 17.7. The van der Waals surface area contributed by atoms with E-state index in [-0.39, 0.29) is 18.9 Å². The van der Waals surface area contributed by atoms with Crippen LogP contribution in [0, 0.1) is 6.92 Å². The van der Waals surface area contributed by atoms with Crippen LogP contribution < -0.4 is 14.8 Å². The van der Waals surface area contributed by atoms with Crippen LogP contribution in [0.4, 0.5) is 0 Å². The Morgan fingerprint density at radius 2 is 1.96 bits per heavy atom. The molecule has 0 aliphatic carbocycles. The van der Waals surface area contributed by atoms with Crippen LogP contribution in [-0.2, 0) is 4.79 Å². The second-order valence-electron chi connectivity index (χ2n) is 4.90. The number of nitrogens with zero attached hydrogens (tertiary/aromatic N) is 1. The van der Waals surface area contributed by atoms with Gasteiger partial charge in [0.1, 0.15) is 9.88 Å². The van der Waals surface area contributed by atoms with E-state index in [9.17, 15) is 9.59 Å². The summed E-state index contributed by atoms with van der Waals surface area (Å²) >= 11 is 1.25. The van der Waals surface area contributed by atoms with Crippen molar-refractivity contribution in [1.29, 1.82) is 0 Å². The molecule has 0 bridgehead atoms. The maximum atomic E-state index is 12.1. The number of amides is 1. The lowest BCUT2D eigenvalue weighted by molar-refractivity contribution is -0.136. The third-order valence-corrected chi connectivity index (χ3v) is 4.46. The smallest absolute Gasteiger partial charge is 0.305 e. The summed E-state index contributed by atoms with van der Waals surface area (Å²) < 4.78 is 10.5. The number of carbonyl (C=O) groups excluding carboxylic acids is 1. The zero-order valence-corrected chi connectivity index (χ0v) is 14.4. The predicted octanol–water partition coefficient (Wildman–Crippen LogP) is 2.34. The minimum Gasteiger partial charge on any atom is -0.493 e. The van der Waals surface area contributed by atoms with Crippen LogP contribution in [0.1, 0.15) is 21.8 Å². The molecule has 1 heterocycles. The molecule has 8 heteroatoms. The topological polar surface area (TPSA) is 97.8 Å². The van der Waals surface area contributed by atoms with Gasteiger partial charge >= 0.3 is 5.97 Å². The van der Waals surface area contributed by atoms with E-state index in [2.05, 4.69) is 10.3 Å². The monoisotopic (exact) mass is 350 g/mol. The molecule has 0 spiro atoms. The van der Waals surface area contributed by atoms with Crippen LogP contribution in [0.3, 0.4) is 0 Å². The van der Waals surface area contributed by atoms with Crippen molar-refractivity contribution in [1.82, 2.24) is 10.3 Å². The zero-order chi connectivity index (χ0) is 17.7. The highest BCUT2D eigenvalue weighted by Crippen LogP contribution is 2.34. The zero-order valence-electron chi connectivity index (χ0n) is 13.6. The molecular weight excluding hydrogens is 332 g/mol. The first-order chi connectivity index (χ1) is 11.5. The van der Waals surface area contributed by atoms with Gasteiger partial charge in [-0.3, -0.25) is 9.59 Å². The largest absolute Gasteiger partial charge is 0.493 e. The molecule has 24 heavy (non-hydrogen) atoms. The van der Waals surface area contributed by atoms with Crippen LogP contribution in [0.25, 0.3) is 10.6 Å². The minimum absolute atomic E-state index is 0.0806. The van der Waals surface area contributed by atoms with E-state index in [1.807, 2.05) is 6.07 Å². The Morgan fingerprint density at radius 3 is 2.58 bits per heavy atom. The number of carboxylic acids is 1. The summed E-state index contributed by atoms with van der Waals surface area (Å²) in [6.07, 6.45) is -0.119. The number of benzene rings is 1. The second kappa shape index (κ2) is 7.78. The Morgan fingerprint density at radius 1 is 1.25 bits per heavy atom. The molecule has 128 valence electrons. The number of aromatic nitrogens is 1. The molecule has 0 atom stereocenters. The van der Waals surface area contributed by atoms with Gasteiger partial charge in [-0.2, -0.15) is 0 Å². The first-order valence-electron chi connectivity index (χ1n) is 7.16. The number of aryl methyl sites for hydroxylation is 1. The highest BCUT2D eigenvalue weighted by molar-refractivity contribution is 7.17. The molecule has 1 amide bonds. The summed E-state index contributed by atoms with van der Waals surface area (Å²) in [7, 11) is 3.11. The quantitative estimate of drug-likeness (QED) is 0.795. The number of nitrogens with one attached hydrogen (secondary N) is 1. The number of rotatable bonds is 7. The van der Waals surface area contributed by atoms with Crippen LogP contribution in [0.2, 0.25) is 0 Å². The molecule has 0 fully saturated rings. The summed E-state index contributed by atoms with van der Waals surface area (Å²) in [4.78, 5) is 27.5. The van der Waals surface area contributed by atoms with E-state index >= 15 is 0 Å². The van der Waals surface area contributed by atoms with Gasteiger partial charge in [-0.05, 0) is 25.1 Å². The van der Waals surface area contributed by atoms with Gasteiger partial charge in [0.2, 0.25) is 0 Å². The second-order valence-corrected chi connectivity index (χ2v) is 5.90. The number of aliphatic carboxylic acids is 1. The lowest BCUT2D eigenvalue weighted by Gasteiger charge is -2.08. The summed E-state index contributed by atoms with van der Waals surface area (Å²) in [5, 5.41) is 11.9. The van der Waals surface area contributed by atoms with Gasteiger partial charge in [0.05, 0.1) is 26.3 Å². The van der Waals surface area contributed by atoms with Crippen LogP contribution in [-0.4, -0.2) is 42.7 Å². The fourth-order valence-corrected chi connectivity index (χ4v) is 3.04. The Kier molecular flexibility index (Phi) is 5.75. The van der Waals surface area contributed by atoms with Crippen LogP contribution in [0.15, 0.2) is 18.2 Å². The summed E-state index contributed by atoms with van der Waals surface area (Å²) in [5.41, 5.74) is 1.41.